The third-order valence-corrected chi connectivity index (χ3v) is 8.63. The molecule has 0 spiro atoms. The van der Waals surface area contributed by atoms with E-state index in [0.29, 0.717) is 0 Å². The number of rotatable bonds is 4. The molecule has 6 heterocycles. The second-order valence-corrected chi connectivity index (χ2v) is 11.0. The molecule has 0 radical (unpaired) electrons. The van der Waals surface area contributed by atoms with Crippen molar-refractivity contribution in [2.75, 3.05) is 44.7 Å². The van der Waals surface area contributed by atoms with E-state index in [9.17, 15) is 0 Å². The van der Waals surface area contributed by atoms with Gasteiger partial charge in [-0.1, -0.05) is 12.1 Å². The summed E-state index contributed by atoms with van der Waals surface area (Å²) in [7, 11) is 2.22. The van der Waals surface area contributed by atoms with E-state index in [2.05, 4.69) is 62.6 Å². The van der Waals surface area contributed by atoms with Crippen LogP contribution in [-0.4, -0.2) is 69.7 Å². The SMILES string of the molecule is CN1CC2CN(c3ccc(-c4ccc(-c5cnn(C6CCCCO6)c5)c5ncsc45)nn3)CC2C1. The Kier molecular flexibility index (Phi) is 5.29. The van der Waals surface area contributed by atoms with Crippen LogP contribution in [0, 0.1) is 11.8 Å². The van der Waals surface area contributed by atoms with E-state index in [-0.39, 0.29) is 6.23 Å². The molecule has 3 atom stereocenters. The zero-order valence-electron chi connectivity index (χ0n) is 19.9. The highest BCUT2D eigenvalue weighted by Crippen LogP contribution is 2.38. The van der Waals surface area contributed by atoms with Crippen molar-refractivity contribution in [3.8, 4) is 22.4 Å². The molecule has 0 N–H and O–H groups in total. The van der Waals surface area contributed by atoms with E-state index in [4.69, 9.17) is 9.72 Å². The Morgan fingerprint density at radius 1 is 0.971 bits per heavy atom. The molecule has 3 saturated heterocycles. The van der Waals surface area contributed by atoms with Gasteiger partial charge in [0.2, 0.25) is 0 Å². The molecule has 35 heavy (non-hydrogen) atoms. The molecule has 3 fully saturated rings. The average Bonchev–Trinajstić information content (AvgIpc) is 3.68. The smallest absolute Gasteiger partial charge is 0.151 e. The van der Waals surface area contributed by atoms with Crippen LogP contribution in [0.3, 0.4) is 0 Å². The van der Waals surface area contributed by atoms with Crippen molar-refractivity contribution >= 4 is 27.4 Å². The lowest BCUT2D eigenvalue weighted by molar-refractivity contribution is -0.0394. The third kappa shape index (κ3) is 3.82. The molecule has 3 unspecified atom stereocenters. The van der Waals surface area contributed by atoms with Gasteiger partial charge in [0.15, 0.2) is 5.82 Å². The van der Waals surface area contributed by atoms with E-state index in [1.165, 1.54) is 19.5 Å². The first-order valence-electron chi connectivity index (χ1n) is 12.5. The summed E-state index contributed by atoms with van der Waals surface area (Å²) >= 11 is 1.65. The van der Waals surface area contributed by atoms with E-state index in [0.717, 1.165) is 82.8 Å². The number of anilines is 1. The highest BCUT2D eigenvalue weighted by molar-refractivity contribution is 7.17. The van der Waals surface area contributed by atoms with Gasteiger partial charge in [-0.25, -0.2) is 9.67 Å². The lowest BCUT2D eigenvalue weighted by atomic mass is 10.0. The predicted octanol–water partition coefficient (Wildman–Crippen LogP) is 4.31. The second-order valence-electron chi connectivity index (χ2n) is 10.1. The van der Waals surface area contributed by atoms with E-state index >= 15 is 0 Å². The van der Waals surface area contributed by atoms with Crippen molar-refractivity contribution in [2.24, 2.45) is 11.8 Å². The Hall–Kier alpha value is -2.88. The van der Waals surface area contributed by atoms with Crippen LogP contribution in [0.25, 0.3) is 32.6 Å². The number of ether oxygens (including phenoxy) is 1. The van der Waals surface area contributed by atoms with Gasteiger partial charge >= 0.3 is 0 Å². The largest absolute Gasteiger partial charge is 0.357 e. The Labute approximate surface area is 208 Å². The Bertz CT molecular complexity index is 1330. The number of aromatic nitrogens is 5. The van der Waals surface area contributed by atoms with Gasteiger partial charge in [-0.05, 0) is 50.3 Å². The van der Waals surface area contributed by atoms with Crippen LogP contribution < -0.4 is 4.90 Å². The summed E-state index contributed by atoms with van der Waals surface area (Å²) in [5.74, 6) is 2.49. The van der Waals surface area contributed by atoms with Crippen LogP contribution in [-0.2, 0) is 4.74 Å². The molecule has 4 aromatic rings. The fourth-order valence-corrected chi connectivity index (χ4v) is 6.84. The average molecular weight is 488 g/mol. The predicted molar refractivity (Wildman–Crippen MR) is 137 cm³/mol. The summed E-state index contributed by atoms with van der Waals surface area (Å²) in [6.07, 6.45) is 7.36. The van der Waals surface area contributed by atoms with E-state index < -0.39 is 0 Å². The normalized spacial score (nSPS) is 24.9. The molecule has 0 saturated carbocycles. The first kappa shape index (κ1) is 21.4. The first-order chi connectivity index (χ1) is 17.2. The number of nitrogens with zero attached hydrogens (tertiary/aromatic N) is 7. The molecule has 3 aromatic heterocycles. The van der Waals surface area contributed by atoms with Gasteiger partial charge in [-0.15, -0.1) is 21.5 Å². The molecule has 1 aromatic carbocycles. The van der Waals surface area contributed by atoms with Gasteiger partial charge in [0.1, 0.15) is 6.23 Å². The maximum absolute atomic E-state index is 5.90. The minimum atomic E-state index is 0.0348. The molecule has 180 valence electrons. The van der Waals surface area contributed by atoms with Gasteiger partial charge < -0.3 is 14.5 Å². The number of fused-ring (bicyclic) bond motifs is 2. The second kappa shape index (κ2) is 8.65. The molecular weight excluding hydrogens is 458 g/mol. The molecule has 0 aliphatic carbocycles. The summed E-state index contributed by atoms with van der Waals surface area (Å²) < 4.78 is 8.98. The topological polar surface area (TPSA) is 72.2 Å². The van der Waals surface area contributed by atoms with Gasteiger partial charge in [0.25, 0.3) is 0 Å². The summed E-state index contributed by atoms with van der Waals surface area (Å²) in [6.45, 7) is 5.34. The van der Waals surface area contributed by atoms with Crippen LogP contribution in [0.4, 0.5) is 5.82 Å². The van der Waals surface area contributed by atoms with Crippen molar-refractivity contribution in [3.63, 3.8) is 0 Å². The van der Waals surface area contributed by atoms with Gasteiger partial charge in [0, 0.05) is 55.7 Å². The zero-order chi connectivity index (χ0) is 23.4. The van der Waals surface area contributed by atoms with Crippen molar-refractivity contribution in [1.29, 1.82) is 0 Å². The number of hydrogen-bond donors (Lipinski definition) is 0. The van der Waals surface area contributed by atoms with Crippen molar-refractivity contribution in [3.05, 3.63) is 42.2 Å². The van der Waals surface area contributed by atoms with Crippen molar-refractivity contribution in [1.82, 2.24) is 29.9 Å². The number of benzene rings is 1. The summed E-state index contributed by atoms with van der Waals surface area (Å²) in [6, 6.07) is 8.51. The molecule has 7 rings (SSSR count). The molecule has 0 bridgehead atoms. The number of hydrogen-bond acceptors (Lipinski definition) is 8. The number of thiazole rings is 1. The lowest BCUT2D eigenvalue weighted by Crippen LogP contribution is -2.27. The van der Waals surface area contributed by atoms with Crippen molar-refractivity contribution < 1.29 is 4.74 Å². The minimum Gasteiger partial charge on any atom is -0.357 e. The first-order valence-corrected chi connectivity index (χ1v) is 13.4. The standard InChI is InChI=1S/C26H29N7OS/c1-31-11-18-13-32(14-19(18)12-31)23-8-7-22(29-30-23)21-6-5-20(25-26(21)35-16-27-25)17-10-28-33(15-17)24-4-2-3-9-34-24/h5-8,10,15-16,18-19,24H,2-4,9,11-14H2,1H3. The van der Waals surface area contributed by atoms with Crippen LogP contribution in [0.2, 0.25) is 0 Å². The summed E-state index contributed by atoms with van der Waals surface area (Å²) in [4.78, 5) is 9.56. The molecule has 0 amide bonds. The van der Waals surface area contributed by atoms with Gasteiger partial charge in [-0.3, -0.25) is 0 Å². The molecular formula is C26H29N7OS. The number of likely N-dealkylation sites (tertiary alicyclic amines) is 1. The van der Waals surface area contributed by atoms with Crippen LogP contribution >= 0.6 is 11.3 Å². The maximum Gasteiger partial charge on any atom is 0.151 e. The monoisotopic (exact) mass is 487 g/mol. The Balaban J connectivity index is 1.15. The quantitative estimate of drug-likeness (QED) is 0.425. The molecule has 9 heteroatoms. The fraction of sp³-hybridized carbons (Fsp3) is 0.462. The van der Waals surface area contributed by atoms with Crippen LogP contribution in [0.5, 0.6) is 0 Å². The van der Waals surface area contributed by atoms with E-state index in [1.807, 2.05) is 16.4 Å². The minimum absolute atomic E-state index is 0.0348. The van der Waals surface area contributed by atoms with Crippen LogP contribution in [0.15, 0.2) is 42.2 Å². The van der Waals surface area contributed by atoms with Gasteiger partial charge in [-0.2, -0.15) is 5.10 Å². The highest BCUT2D eigenvalue weighted by Gasteiger charge is 2.39. The Morgan fingerprint density at radius 2 is 1.83 bits per heavy atom. The maximum atomic E-state index is 5.90. The zero-order valence-corrected chi connectivity index (χ0v) is 20.7. The Morgan fingerprint density at radius 3 is 2.60 bits per heavy atom. The summed E-state index contributed by atoms with van der Waals surface area (Å²) in [5, 5.41) is 13.9. The fourth-order valence-electron chi connectivity index (χ4n) is 6.00. The lowest BCUT2D eigenvalue weighted by Gasteiger charge is -2.22. The molecule has 3 aliphatic heterocycles. The summed E-state index contributed by atoms with van der Waals surface area (Å²) in [5.41, 5.74) is 7.01. The molecule has 8 nitrogen and oxygen atoms in total. The van der Waals surface area contributed by atoms with Gasteiger partial charge in [0.05, 0.1) is 27.6 Å². The van der Waals surface area contributed by atoms with Crippen molar-refractivity contribution in [2.45, 2.75) is 25.5 Å². The van der Waals surface area contributed by atoms with Crippen LogP contribution in [0.1, 0.15) is 25.5 Å². The third-order valence-electron chi connectivity index (χ3n) is 7.77. The highest BCUT2D eigenvalue weighted by atomic mass is 32.1. The molecule has 3 aliphatic rings. The van der Waals surface area contributed by atoms with E-state index in [1.54, 1.807) is 11.3 Å².